The lowest BCUT2D eigenvalue weighted by atomic mass is 10.2. The molecule has 3 aromatic rings. The van der Waals surface area contributed by atoms with E-state index in [0.29, 0.717) is 30.1 Å². The Bertz CT molecular complexity index is 1180. The van der Waals surface area contributed by atoms with Gasteiger partial charge in [0.05, 0.1) is 0 Å². The second-order valence-corrected chi connectivity index (χ2v) is 7.61. The number of nitrogens with zero attached hydrogens (tertiary/aromatic N) is 3. The van der Waals surface area contributed by atoms with E-state index in [0.717, 1.165) is 12.0 Å². The number of anilines is 1. The third-order valence-corrected chi connectivity index (χ3v) is 5.27. The largest absolute Gasteiger partial charge is 0.454 e. The minimum atomic E-state index is -0.709. The number of nitrogens with two attached hydrogens (primary N) is 2. The molecular weight excluding hydrogens is 413 g/mol. The molecule has 4 N–H and O–H groups in total. The van der Waals surface area contributed by atoms with Crippen LogP contribution in [0.2, 0.25) is 0 Å². The molecule has 0 saturated carbocycles. The van der Waals surface area contributed by atoms with Gasteiger partial charge < -0.3 is 21.1 Å². The summed E-state index contributed by atoms with van der Waals surface area (Å²) >= 11 is 0. The minimum absolute atomic E-state index is 0.0299. The van der Waals surface area contributed by atoms with Crippen LogP contribution in [0.25, 0.3) is 11.4 Å². The first-order valence-electron chi connectivity index (χ1n) is 10.1. The molecule has 0 radical (unpaired) electrons. The lowest BCUT2D eigenvalue weighted by molar-refractivity contribution is -0.119. The van der Waals surface area contributed by atoms with Crippen molar-refractivity contribution >= 4 is 17.6 Å². The van der Waals surface area contributed by atoms with Crippen LogP contribution in [0.1, 0.15) is 28.9 Å². The Morgan fingerprint density at radius 3 is 2.53 bits per heavy atom. The molecule has 1 atom stereocenters. The van der Waals surface area contributed by atoms with Crippen LogP contribution in [0, 0.1) is 12.7 Å². The highest BCUT2D eigenvalue weighted by Gasteiger charge is 2.31. The summed E-state index contributed by atoms with van der Waals surface area (Å²) in [4.78, 5) is 34.2. The molecule has 164 valence electrons. The van der Waals surface area contributed by atoms with Crippen LogP contribution in [-0.2, 0) is 4.79 Å². The highest BCUT2D eigenvalue weighted by molar-refractivity contribution is 5.92. The third-order valence-electron chi connectivity index (χ3n) is 5.27. The third kappa shape index (κ3) is 4.36. The van der Waals surface area contributed by atoms with Gasteiger partial charge in [0.15, 0.2) is 17.4 Å². The standard InChI is InChI=1S/C23H22FN5O3/c1-13-4-9-16(24)19(11-13)32-15-7-5-14(6-8-15)23-27-17(21(25)30)12-20(28-23)29-10-2-3-18(29)22(26)31/h4-9,11-12,18H,2-3,10H2,1H3,(H2,25,30)(H2,26,31). The molecule has 2 heterocycles. The van der Waals surface area contributed by atoms with E-state index < -0.39 is 23.7 Å². The first-order valence-corrected chi connectivity index (χ1v) is 10.1. The number of rotatable bonds is 6. The monoisotopic (exact) mass is 435 g/mol. The van der Waals surface area contributed by atoms with Crippen molar-refractivity contribution in [3.05, 3.63) is 65.6 Å². The number of amides is 2. The van der Waals surface area contributed by atoms with Gasteiger partial charge in [-0.1, -0.05) is 6.07 Å². The van der Waals surface area contributed by atoms with Gasteiger partial charge >= 0.3 is 0 Å². The molecular formula is C23H22FN5O3. The van der Waals surface area contributed by atoms with E-state index in [-0.39, 0.29) is 17.3 Å². The zero-order valence-corrected chi connectivity index (χ0v) is 17.4. The molecule has 9 heteroatoms. The van der Waals surface area contributed by atoms with Crippen LogP contribution in [0.3, 0.4) is 0 Å². The normalized spacial score (nSPS) is 15.6. The molecule has 1 aliphatic heterocycles. The molecule has 2 aromatic carbocycles. The Balaban J connectivity index is 1.65. The highest BCUT2D eigenvalue weighted by Crippen LogP contribution is 2.29. The number of ether oxygens (including phenoxy) is 1. The summed E-state index contributed by atoms with van der Waals surface area (Å²) in [7, 11) is 0. The molecule has 1 aromatic heterocycles. The van der Waals surface area contributed by atoms with E-state index in [1.165, 1.54) is 12.1 Å². The fourth-order valence-corrected chi connectivity index (χ4v) is 3.66. The summed E-state index contributed by atoms with van der Waals surface area (Å²) in [6.07, 6.45) is 1.39. The van der Waals surface area contributed by atoms with E-state index in [9.17, 15) is 14.0 Å². The Labute approximate surface area is 184 Å². The van der Waals surface area contributed by atoms with E-state index >= 15 is 0 Å². The number of halogens is 1. The van der Waals surface area contributed by atoms with E-state index in [1.807, 2.05) is 6.92 Å². The topological polar surface area (TPSA) is 124 Å². The Morgan fingerprint density at radius 1 is 1.09 bits per heavy atom. The summed E-state index contributed by atoms with van der Waals surface area (Å²) in [5.74, 6) is -0.396. The van der Waals surface area contributed by atoms with Crippen LogP contribution >= 0.6 is 0 Å². The molecule has 0 bridgehead atoms. The molecule has 2 amide bonds. The number of hydrogen-bond acceptors (Lipinski definition) is 6. The minimum Gasteiger partial charge on any atom is -0.454 e. The summed E-state index contributed by atoms with van der Waals surface area (Å²) in [6.45, 7) is 2.43. The van der Waals surface area contributed by atoms with Gasteiger partial charge in [0.2, 0.25) is 5.91 Å². The average molecular weight is 435 g/mol. The Hall–Kier alpha value is -4.01. The van der Waals surface area contributed by atoms with Crippen molar-refractivity contribution in [1.82, 2.24) is 9.97 Å². The van der Waals surface area contributed by atoms with Crippen LogP contribution in [0.5, 0.6) is 11.5 Å². The van der Waals surface area contributed by atoms with Gasteiger partial charge in [0.25, 0.3) is 5.91 Å². The average Bonchev–Trinajstić information content (AvgIpc) is 3.27. The summed E-state index contributed by atoms with van der Waals surface area (Å²) in [5.41, 5.74) is 12.5. The van der Waals surface area contributed by atoms with Gasteiger partial charge in [-0.25, -0.2) is 14.4 Å². The molecule has 4 rings (SSSR count). The molecule has 1 unspecified atom stereocenters. The summed E-state index contributed by atoms with van der Waals surface area (Å²) in [5, 5.41) is 0. The quantitative estimate of drug-likeness (QED) is 0.613. The molecule has 0 spiro atoms. The number of benzene rings is 2. The predicted molar refractivity (Wildman–Crippen MR) is 117 cm³/mol. The van der Waals surface area contributed by atoms with Crippen molar-refractivity contribution in [2.45, 2.75) is 25.8 Å². The number of hydrogen-bond donors (Lipinski definition) is 2. The van der Waals surface area contributed by atoms with E-state index in [2.05, 4.69) is 9.97 Å². The first-order chi connectivity index (χ1) is 15.3. The number of aromatic nitrogens is 2. The Kier molecular flexibility index (Phi) is 5.72. The fraction of sp³-hybridized carbons (Fsp3) is 0.217. The van der Waals surface area contributed by atoms with Gasteiger partial charge in [-0.15, -0.1) is 0 Å². The van der Waals surface area contributed by atoms with Crippen LogP contribution in [0.15, 0.2) is 48.5 Å². The van der Waals surface area contributed by atoms with Crippen LogP contribution in [-0.4, -0.2) is 34.4 Å². The van der Waals surface area contributed by atoms with Crippen molar-refractivity contribution in [3.63, 3.8) is 0 Å². The highest BCUT2D eigenvalue weighted by atomic mass is 19.1. The van der Waals surface area contributed by atoms with Crippen LogP contribution in [0.4, 0.5) is 10.2 Å². The van der Waals surface area contributed by atoms with E-state index in [4.69, 9.17) is 16.2 Å². The lowest BCUT2D eigenvalue weighted by Crippen LogP contribution is -2.41. The van der Waals surface area contributed by atoms with Crippen molar-refractivity contribution in [3.8, 4) is 22.9 Å². The summed E-state index contributed by atoms with van der Waals surface area (Å²) in [6, 6.07) is 12.3. The van der Waals surface area contributed by atoms with Crippen LogP contribution < -0.4 is 21.1 Å². The van der Waals surface area contributed by atoms with Crippen molar-refractivity contribution in [2.24, 2.45) is 11.5 Å². The first kappa shape index (κ1) is 21.2. The summed E-state index contributed by atoms with van der Waals surface area (Å²) < 4.78 is 19.6. The molecule has 32 heavy (non-hydrogen) atoms. The maximum atomic E-state index is 14.0. The maximum absolute atomic E-state index is 14.0. The molecule has 0 aliphatic carbocycles. The molecule has 1 aliphatic rings. The number of aryl methyl sites for hydroxylation is 1. The number of primary amides is 2. The predicted octanol–water partition coefficient (Wildman–Crippen LogP) is 2.94. The van der Waals surface area contributed by atoms with Gasteiger partial charge in [-0.3, -0.25) is 9.59 Å². The smallest absolute Gasteiger partial charge is 0.267 e. The number of carbonyl (C=O) groups excluding carboxylic acids is 2. The SMILES string of the molecule is Cc1ccc(F)c(Oc2ccc(-c3nc(C(N)=O)cc(N4CCCC4C(N)=O)n3)cc2)c1. The Morgan fingerprint density at radius 2 is 1.84 bits per heavy atom. The maximum Gasteiger partial charge on any atom is 0.267 e. The van der Waals surface area contributed by atoms with Gasteiger partial charge in [0.1, 0.15) is 23.3 Å². The lowest BCUT2D eigenvalue weighted by Gasteiger charge is -2.23. The second-order valence-electron chi connectivity index (χ2n) is 7.61. The van der Waals surface area contributed by atoms with Crippen molar-refractivity contribution in [2.75, 3.05) is 11.4 Å². The zero-order chi connectivity index (χ0) is 22.8. The molecule has 1 saturated heterocycles. The number of carbonyl (C=O) groups is 2. The van der Waals surface area contributed by atoms with Gasteiger partial charge in [0, 0.05) is 18.2 Å². The van der Waals surface area contributed by atoms with Crippen molar-refractivity contribution in [1.29, 1.82) is 0 Å². The van der Waals surface area contributed by atoms with Gasteiger partial charge in [-0.2, -0.15) is 0 Å². The fourth-order valence-electron chi connectivity index (χ4n) is 3.66. The molecule has 1 fully saturated rings. The second kappa shape index (κ2) is 8.62. The molecule has 8 nitrogen and oxygen atoms in total. The van der Waals surface area contributed by atoms with E-state index in [1.54, 1.807) is 41.3 Å². The van der Waals surface area contributed by atoms with Crippen molar-refractivity contribution < 1.29 is 18.7 Å². The van der Waals surface area contributed by atoms with Gasteiger partial charge in [-0.05, 0) is 61.7 Å². The zero-order valence-electron chi connectivity index (χ0n) is 17.4.